The molecule has 0 aliphatic heterocycles. The second kappa shape index (κ2) is 7.50. The molecule has 1 aromatic heterocycles. The molecule has 122 valence electrons. The minimum absolute atomic E-state index is 0.118. The number of carboxylic acid groups (broad SMARTS) is 1. The number of aromatic nitrogens is 3. The molecule has 2 aromatic rings. The Morgan fingerprint density at radius 1 is 1.39 bits per heavy atom. The first-order valence-electron chi connectivity index (χ1n) is 7.08. The zero-order valence-corrected chi connectivity index (χ0v) is 12.9. The Morgan fingerprint density at radius 2 is 2.17 bits per heavy atom. The van der Waals surface area contributed by atoms with E-state index in [-0.39, 0.29) is 24.2 Å². The van der Waals surface area contributed by atoms with E-state index in [1.165, 1.54) is 10.9 Å². The first-order valence-corrected chi connectivity index (χ1v) is 7.08. The van der Waals surface area contributed by atoms with Gasteiger partial charge in [-0.2, -0.15) is 0 Å². The van der Waals surface area contributed by atoms with Crippen LogP contribution in [0.5, 0.6) is 0 Å². The van der Waals surface area contributed by atoms with Crippen molar-refractivity contribution in [3.63, 3.8) is 0 Å². The van der Waals surface area contributed by atoms with Crippen LogP contribution in [0.15, 0.2) is 30.5 Å². The minimum Gasteiger partial charge on any atom is -0.476 e. The number of carbonyl (C=O) groups is 2. The summed E-state index contributed by atoms with van der Waals surface area (Å²) in [5, 5.41) is 18.5. The Kier molecular flexibility index (Phi) is 5.42. The van der Waals surface area contributed by atoms with Gasteiger partial charge in [0.15, 0.2) is 5.69 Å². The number of carbonyl (C=O) groups excluding carboxylic acids is 1. The second-order valence-corrected chi connectivity index (χ2v) is 5.21. The van der Waals surface area contributed by atoms with E-state index in [0.29, 0.717) is 12.3 Å². The molecule has 8 nitrogen and oxygen atoms in total. The first kappa shape index (κ1) is 16.6. The normalized spacial score (nSPS) is 10.7. The Labute approximate surface area is 133 Å². The molecule has 0 unspecified atom stereocenters. The van der Waals surface area contributed by atoms with Crippen LogP contribution in [0.2, 0.25) is 0 Å². The molecule has 1 heterocycles. The maximum atomic E-state index is 12.0. The summed E-state index contributed by atoms with van der Waals surface area (Å²) in [7, 11) is 0. The van der Waals surface area contributed by atoms with Crippen molar-refractivity contribution in [2.45, 2.75) is 33.1 Å². The molecule has 2 N–H and O–H groups in total. The van der Waals surface area contributed by atoms with Gasteiger partial charge in [0.2, 0.25) is 5.91 Å². The zero-order valence-electron chi connectivity index (χ0n) is 12.9. The van der Waals surface area contributed by atoms with Gasteiger partial charge >= 0.3 is 5.97 Å². The van der Waals surface area contributed by atoms with Crippen LogP contribution in [0.1, 0.15) is 29.9 Å². The summed E-state index contributed by atoms with van der Waals surface area (Å²) in [6.45, 7) is 4.25. The monoisotopic (exact) mass is 318 g/mol. The quantitative estimate of drug-likeness (QED) is 0.802. The van der Waals surface area contributed by atoms with Gasteiger partial charge in [-0.25, -0.2) is 9.48 Å². The number of benzene rings is 1. The summed E-state index contributed by atoms with van der Waals surface area (Å²) in [4.78, 5) is 22.7. The van der Waals surface area contributed by atoms with Crippen LogP contribution >= 0.6 is 0 Å². The number of rotatable bonds is 7. The molecule has 0 spiro atoms. The van der Waals surface area contributed by atoms with E-state index < -0.39 is 5.97 Å². The molecular weight excluding hydrogens is 300 g/mol. The summed E-state index contributed by atoms with van der Waals surface area (Å²) < 4.78 is 6.69. The van der Waals surface area contributed by atoms with Gasteiger partial charge in [-0.3, -0.25) is 4.79 Å². The fourth-order valence-electron chi connectivity index (χ4n) is 1.82. The standard InChI is InChI=1S/C15H18N4O4/c1-10(2)23-9-11-4-3-5-12(6-11)16-14(20)8-19-7-13(15(21)22)17-18-19/h3-7,10H,8-9H2,1-2H3,(H,16,20)(H,21,22). The van der Waals surface area contributed by atoms with Gasteiger partial charge in [-0.15, -0.1) is 5.10 Å². The third-order valence-electron chi connectivity index (χ3n) is 2.86. The van der Waals surface area contributed by atoms with Crippen molar-refractivity contribution >= 4 is 17.6 Å². The number of amides is 1. The van der Waals surface area contributed by atoms with Gasteiger partial charge in [-0.05, 0) is 31.5 Å². The lowest BCUT2D eigenvalue weighted by Gasteiger charge is -2.10. The molecule has 0 radical (unpaired) electrons. The van der Waals surface area contributed by atoms with Crippen molar-refractivity contribution < 1.29 is 19.4 Å². The highest BCUT2D eigenvalue weighted by Crippen LogP contribution is 2.12. The first-order chi connectivity index (χ1) is 10.9. The number of anilines is 1. The molecule has 0 bridgehead atoms. The largest absolute Gasteiger partial charge is 0.476 e. The van der Waals surface area contributed by atoms with Crippen molar-refractivity contribution in [2.75, 3.05) is 5.32 Å². The Morgan fingerprint density at radius 3 is 2.83 bits per heavy atom. The third-order valence-corrected chi connectivity index (χ3v) is 2.86. The van der Waals surface area contributed by atoms with Gasteiger partial charge in [-0.1, -0.05) is 17.3 Å². The summed E-state index contributed by atoms with van der Waals surface area (Å²) in [6, 6.07) is 7.33. The Bertz CT molecular complexity index is 696. The van der Waals surface area contributed by atoms with E-state index in [1.54, 1.807) is 6.07 Å². The Balaban J connectivity index is 1.94. The van der Waals surface area contributed by atoms with E-state index in [4.69, 9.17) is 9.84 Å². The van der Waals surface area contributed by atoms with E-state index in [1.807, 2.05) is 32.0 Å². The topological polar surface area (TPSA) is 106 Å². The van der Waals surface area contributed by atoms with E-state index in [9.17, 15) is 9.59 Å². The van der Waals surface area contributed by atoms with Gasteiger partial charge in [0.1, 0.15) is 6.54 Å². The predicted octanol–water partition coefficient (Wildman–Crippen LogP) is 1.54. The molecule has 0 atom stereocenters. The predicted molar refractivity (Wildman–Crippen MR) is 82.0 cm³/mol. The lowest BCUT2D eigenvalue weighted by Crippen LogP contribution is -2.19. The molecule has 0 aliphatic carbocycles. The molecule has 2 rings (SSSR count). The molecular formula is C15H18N4O4. The van der Waals surface area contributed by atoms with Crippen LogP contribution in [-0.4, -0.2) is 38.1 Å². The molecule has 1 amide bonds. The smallest absolute Gasteiger partial charge is 0.358 e. The number of hydrogen-bond acceptors (Lipinski definition) is 5. The van der Waals surface area contributed by atoms with Crippen LogP contribution in [0, 0.1) is 0 Å². The minimum atomic E-state index is -1.19. The summed E-state index contributed by atoms with van der Waals surface area (Å²) >= 11 is 0. The number of nitrogens with one attached hydrogen (secondary N) is 1. The molecule has 0 saturated heterocycles. The fourth-order valence-corrected chi connectivity index (χ4v) is 1.82. The molecule has 1 aromatic carbocycles. The van der Waals surface area contributed by atoms with Gasteiger partial charge in [0.25, 0.3) is 0 Å². The van der Waals surface area contributed by atoms with Crippen molar-refractivity contribution in [1.29, 1.82) is 0 Å². The lowest BCUT2D eigenvalue weighted by molar-refractivity contribution is -0.116. The van der Waals surface area contributed by atoms with Crippen LogP contribution in [0.3, 0.4) is 0 Å². The molecule has 8 heteroatoms. The highest BCUT2D eigenvalue weighted by molar-refractivity contribution is 5.90. The highest BCUT2D eigenvalue weighted by Gasteiger charge is 2.11. The van der Waals surface area contributed by atoms with Crippen LogP contribution in [0.4, 0.5) is 5.69 Å². The maximum Gasteiger partial charge on any atom is 0.358 e. The van der Waals surface area contributed by atoms with Crippen molar-refractivity contribution in [2.24, 2.45) is 0 Å². The number of ether oxygens (including phenoxy) is 1. The summed E-state index contributed by atoms with van der Waals surface area (Å²) in [5.74, 6) is -1.51. The van der Waals surface area contributed by atoms with Crippen molar-refractivity contribution in [1.82, 2.24) is 15.0 Å². The number of carboxylic acids is 1. The molecule has 0 saturated carbocycles. The SMILES string of the molecule is CC(C)OCc1cccc(NC(=O)Cn2cc(C(=O)O)nn2)c1. The number of aromatic carboxylic acids is 1. The Hall–Kier alpha value is -2.74. The van der Waals surface area contributed by atoms with E-state index >= 15 is 0 Å². The average Bonchev–Trinajstić information content (AvgIpc) is 2.94. The van der Waals surface area contributed by atoms with Crippen LogP contribution < -0.4 is 5.32 Å². The van der Waals surface area contributed by atoms with Crippen LogP contribution in [-0.2, 0) is 22.7 Å². The number of nitrogens with zero attached hydrogens (tertiary/aromatic N) is 3. The molecule has 23 heavy (non-hydrogen) atoms. The van der Waals surface area contributed by atoms with E-state index in [2.05, 4.69) is 15.6 Å². The van der Waals surface area contributed by atoms with Crippen molar-refractivity contribution in [3.8, 4) is 0 Å². The molecule has 0 aliphatic rings. The van der Waals surface area contributed by atoms with Gasteiger partial charge < -0.3 is 15.2 Å². The maximum absolute atomic E-state index is 12.0. The third kappa shape index (κ3) is 5.19. The van der Waals surface area contributed by atoms with Gasteiger partial charge in [0, 0.05) is 5.69 Å². The fraction of sp³-hybridized carbons (Fsp3) is 0.333. The van der Waals surface area contributed by atoms with Crippen LogP contribution in [0.25, 0.3) is 0 Å². The average molecular weight is 318 g/mol. The summed E-state index contributed by atoms with van der Waals surface area (Å²) in [6.07, 6.45) is 1.33. The van der Waals surface area contributed by atoms with Crippen molar-refractivity contribution in [3.05, 3.63) is 41.7 Å². The van der Waals surface area contributed by atoms with Gasteiger partial charge in [0.05, 0.1) is 18.9 Å². The lowest BCUT2D eigenvalue weighted by atomic mass is 10.2. The highest BCUT2D eigenvalue weighted by atomic mass is 16.5. The second-order valence-electron chi connectivity index (χ2n) is 5.21. The summed E-state index contributed by atoms with van der Waals surface area (Å²) in [5.41, 5.74) is 1.38. The molecule has 0 fully saturated rings. The zero-order chi connectivity index (χ0) is 16.8. The number of hydrogen-bond donors (Lipinski definition) is 2. The van der Waals surface area contributed by atoms with E-state index in [0.717, 1.165) is 5.56 Å².